The van der Waals surface area contributed by atoms with Crippen molar-refractivity contribution in [3.63, 3.8) is 0 Å². The van der Waals surface area contributed by atoms with Crippen LogP contribution in [0.3, 0.4) is 0 Å². The fourth-order valence-electron chi connectivity index (χ4n) is 2.56. The predicted molar refractivity (Wildman–Crippen MR) is 77.4 cm³/mol. The standard InChI is InChI=1S/C15H23N3O2/c19-15(20)5-10-18(12-11-17-8-1-2-9-17)13-14-3-6-16-7-4-14/h3-4,6-7H,1-2,5,8-13H2,(H,19,20). The minimum atomic E-state index is -0.731. The Morgan fingerprint density at radius 2 is 1.95 bits per heavy atom. The van der Waals surface area contributed by atoms with Gasteiger partial charge >= 0.3 is 5.97 Å². The lowest BCUT2D eigenvalue weighted by molar-refractivity contribution is -0.137. The molecule has 1 aliphatic heterocycles. The summed E-state index contributed by atoms with van der Waals surface area (Å²) < 4.78 is 0. The number of carbonyl (C=O) groups is 1. The van der Waals surface area contributed by atoms with Gasteiger partial charge in [0.15, 0.2) is 0 Å². The van der Waals surface area contributed by atoms with E-state index in [0.717, 1.165) is 19.6 Å². The van der Waals surface area contributed by atoms with Crippen LogP contribution in [-0.2, 0) is 11.3 Å². The maximum Gasteiger partial charge on any atom is 0.304 e. The first-order valence-corrected chi connectivity index (χ1v) is 7.29. The molecule has 0 aromatic carbocycles. The Morgan fingerprint density at radius 1 is 1.25 bits per heavy atom. The molecule has 1 saturated heterocycles. The zero-order chi connectivity index (χ0) is 14.2. The molecule has 0 bridgehead atoms. The fourth-order valence-corrected chi connectivity index (χ4v) is 2.56. The number of likely N-dealkylation sites (tertiary alicyclic amines) is 1. The summed E-state index contributed by atoms with van der Waals surface area (Å²) in [6, 6.07) is 3.98. The Hall–Kier alpha value is -1.46. The van der Waals surface area contributed by atoms with E-state index in [1.54, 1.807) is 12.4 Å². The fraction of sp³-hybridized carbons (Fsp3) is 0.600. The maximum absolute atomic E-state index is 10.8. The van der Waals surface area contributed by atoms with Crippen LogP contribution in [0, 0.1) is 0 Å². The molecule has 2 rings (SSSR count). The lowest BCUT2D eigenvalue weighted by Gasteiger charge is -2.24. The van der Waals surface area contributed by atoms with Crippen LogP contribution in [0.5, 0.6) is 0 Å². The average Bonchev–Trinajstić information content (AvgIpc) is 2.96. The topological polar surface area (TPSA) is 56.7 Å². The number of hydrogen-bond donors (Lipinski definition) is 1. The van der Waals surface area contributed by atoms with Gasteiger partial charge in [0.05, 0.1) is 6.42 Å². The molecule has 0 aliphatic carbocycles. The van der Waals surface area contributed by atoms with Crippen molar-refractivity contribution in [3.05, 3.63) is 30.1 Å². The minimum Gasteiger partial charge on any atom is -0.481 e. The minimum absolute atomic E-state index is 0.199. The van der Waals surface area contributed by atoms with Gasteiger partial charge in [-0.25, -0.2) is 0 Å². The summed E-state index contributed by atoms with van der Waals surface area (Å²) in [6.45, 7) is 5.72. The number of aliphatic carboxylic acids is 1. The van der Waals surface area contributed by atoms with Gasteiger partial charge in [-0.15, -0.1) is 0 Å². The van der Waals surface area contributed by atoms with E-state index >= 15 is 0 Å². The second kappa shape index (κ2) is 7.97. The molecular weight excluding hydrogens is 254 g/mol. The summed E-state index contributed by atoms with van der Waals surface area (Å²) >= 11 is 0. The second-order valence-electron chi connectivity index (χ2n) is 5.32. The molecule has 1 fully saturated rings. The van der Waals surface area contributed by atoms with Crippen molar-refractivity contribution in [1.29, 1.82) is 0 Å². The van der Waals surface area contributed by atoms with E-state index < -0.39 is 5.97 Å². The SMILES string of the molecule is O=C(O)CCN(CCN1CCCC1)Cc1ccncc1. The van der Waals surface area contributed by atoms with Gasteiger partial charge in [-0.05, 0) is 43.6 Å². The van der Waals surface area contributed by atoms with Crippen molar-refractivity contribution >= 4 is 5.97 Å². The monoisotopic (exact) mass is 277 g/mol. The molecule has 5 nitrogen and oxygen atoms in total. The highest BCUT2D eigenvalue weighted by Crippen LogP contribution is 2.09. The van der Waals surface area contributed by atoms with Crippen LogP contribution >= 0.6 is 0 Å². The Balaban J connectivity index is 1.84. The van der Waals surface area contributed by atoms with Crippen LogP contribution in [0.1, 0.15) is 24.8 Å². The third-order valence-corrected chi connectivity index (χ3v) is 3.73. The molecular formula is C15H23N3O2. The Labute approximate surface area is 120 Å². The summed E-state index contributed by atoms with van der Waals surface area (Å²) in [5.41, 5.74) is 1.19. The van der Waals surface area contributed by atoms with Gasteiger partial charge in [-0.2, -0.15) is 0 Å². The molecule has 1 aliphatic rings. The molecule has 0 spiro atoms. The largest absolute Gasteiger partial charge is 0.481 e. The van der Waals surface area contributed by atoms with Crippen LogP contribution in [0.15, 0.2) is 24.5 Å². The number of rotatable bonds is 8. The van der Waals surface area contributed by atoms with Crippen LogP contribution in [-0.4, -0.2) is 58.6 Å². The van der Waals surface area contributed by atoms with Crippen LogP contribution in [0.2, 0.25) is 0 Å². The molecule has 110 valence electrons. The van der Waals surface area contributed by atoms with E-state index in [1.807, 2.05) is 12.1 Å². The number of hydrogen-bond acceptors (Lipinski definition) is 4. The molecule has 0 radical (unpaired) electrons. The van der Waals surface area contributed by atoms with Gasteiger partial charge in [-0.1, -0.05) is 0 Å². The van der Waals surface area contributed by atoms with Crippen LogP contribution in [0.4, 0.5) is 0 Å². The molecule has 0 unspecified atom stereocenters. The molecule has 0 amide bonds. The first kappa shape index (κ1) is 14.9. The van der Waals surface area contributed by atoms with E-state index in [2.05, 4.69) is 14.8 Å². The third-order valence-electron chi connectivity index (χ3n) is 3.73. The van der Waals surface area contributed by atoms with Crippen molar-refractivity contribution in [3.8, 4) is 0 Å². The Bertz CT molecular complexity index is 405. The van der Waals surface area contributed by atoms with Crippen molar-refractivity contribution in [2.24, 2.45) is 0 Å². The molecule has 0 saturated carbocycles. The molecule has 5 heteroatoms. The lowest BCUT2D eigenvalue weighted by atomic mass is 10.2. The molecule has 2 heterocycles. The predicted octanol–water partition coefficient (Wildman–Crippen LogP) is 1.45. The second-order valence-corrected chi connectivity index (χ2v) is 5.32. The maximum atomic E-state index is 10.8. The number of aromatic nitrogens is 1. The zero-order valence-corrected chi connectivity index (χ0v) is 11.9. The van der Waals surface area contributed by atoms with Crippen molar-refractivity contribution in [2.45, 2.75) is 25.8 Å². The number of carboxylic acid groups (broad SMARTS) is 1. The van der Waals surface area contributed by atoms with Crippen LogP contribution in [0.25, 0.3) is 0 Å². The molecule has 20 heavy (non-hydrogen) atoms. The lowest BCUT2D eigenvalue weighted by Crippen LogP contribution is -2.34. The zero-order valence-electron chi connectivity index (χ0n) is 11.9. The first-order chi connectivity index (χ1) is 9.74. The highest BCUT2D eigenvalue weighted by atomic mass is 16.4. The Kier molecular flexibility index (Phi) is 5.95. The van der Waals surface area contributed by atoms with Gasteiger partial charge in [0, 0.05) is 38.6 Å². The van der Waals surface area contributed by atoms with Gasteiger partial charge in [0.1, 0.15) is 0 Å². The van der Waals surface area contributed by atoms with E-state index in [9.17, 15) is 4.79 Å². The van der Waals surface area contributed by atoms with E-state index in [1.165, 1.54) is 31.5 Å². The smallest absolute Gasteiger partial charge is 0.304 e. The molecule has 1 aromatic heterocycles. The van der Waals surface area contributed by atoms with E-state index in [0.29, 0.717) is 6.54 Å². The number of pyridine rings is 1. The van der Waals surface area contributed by atoms with Crippen molar-refractivity contribution in [2.75, 3.05) is 32.7 Å². The summed E-state index contributed by atoms with van der Waals surface area (Å²) in [7, 11) is 0. The van der Waals surface area contributed by atoms with Crippen molar-refractivity contribution in [1.82, 2.24) is 14.8 Å². The van der Waals surface area contributed by atoms with E-state index in [-0.39, 0.29) is 6.42 Å². The number of carboxylic acids is 1. The van der Waals surface area contributed by atoms with Crippen molar-refractivity contribution < 1.29 is 9.90 Å². The average molecular weight is 277 g/mol. The summed E-state index contributed by atoms with van der Waals surface area (Å²) in [5, 5.41) is 8.86. The molecule has 0 atom stereocenters. The molecule has 1 N–H and O–H groups in total. The highest BCUT2D eigenvalue weighted by Gasteiger charge is 2.14. The van der Waals surface area contributed by atoms with Gasteiger partial charge in [-0.3, -0.25) is 14.7 Å². The van der Waals surface area contributed by atoms with Gasteiger partial charge in [0.25, 0.3) is 0 Å². The van der Waals surface area contributed by atoms with Crippen LogP contribution < -0.4 is 0 Å². The summed E-state index contributed by atoms with van der Waals surface area (Å²) in [5.74, 6) is -0.731. The van der Waals surface area contributed by atoms with Gasteiger partial charge < -0.3 is 10.0 Å². The number of nitrogens with zero attached hydrogens (tertiary/aromatic N) is 3. The highest BCUT2D eigenvalue weighted by molar-refractivity contribution is 5.66. The Morgan fingerprint density at radius 3 is 2.60 bits per heavy atom. The first-order valence-electron chi connectivity index (χ1n) is 7.29. The third kappa shape index (κ3) is 5.27. The molecule has 1 aromatic rings. The quantitative estimate of drug-likeness (QED) is 0.779. The van der Waals surface area contributed by atoms with E-state index in [4.69, 9.17) is 5.11 Å². The van der Waals surface area contributed by atoms with Gasteiger partial charge in [0.2, 0.25) is 0 Å². The summed E-state index contributed by atoms with van der Waals surface area (Å²) in [6.07, 6.45) is 6.35. The normalized spacial score (nSPS) is 15.8. The summed E-state index contributed by atoms with van der Waals surface area (Å²) in [4.78, 5) is 19.5.